The summed E-state index contributed by atoms with van der Waals surface area (Å²) in [6, 6.07) is 15.8. The quantitative estimate of drug-likeness (QED) is 0.817. The van der Waals surface area contributed by atoms with Crippen LogP contribution in [0.25, 0.3) is 0 Å². The number of nitrogens with one attached hydrogen (secondary N) is 1. The molecule has 8 heteroatoms. The van der Waals surface area contributed by atoms with Crippen LogP contribution in [-0.2, 0) is 10.0 Å². The van der Waals surface area contributed by atoms with Gasteiger partial charge in [-0.05, 0) is 43.5 Å². The Morgan fingerprint density at radius 1 is 0.964 bits per heavy atom. The predicted molar refractivity (Wildman–Crippen MR) is 103 cm³/mol. The molecule has 0 saturated carbocycles. The van der Waals surface area contributed by atoms with Crippen molar-refractivity contribution >= 4 is 21.8 Å². The van der Waals surface area contributed by atoms with E-state index < -0.39 is 16.3 Å². The minimum absolute atomic E-state index is 0.266. The molecule has 1 N–H and O–H groups in total. The number of likely N-dealkylation sites (tertiary alicyclic amines) is 1. The topological polar surface area (TPSA) is 74.5 Å². The van der Waals surface area contributed by atoms with Gasteiger partial charge in [-0.1, -0.05) is 30.3 Å². The molecule has 3 aliphatic rings. The lowest BCUT2D eigenvalue weighted by atomic mass is 10.1. The maximum absolute atomic E-state index is 13.3. The van der Waals surface area contributed by atoms with Gasteiger partial charge in [0.25, 0.3) is 22.2 Å². The Hall–Kier alpha value is -2.71. The SMILES string of the molecule is O=C(c1ccccc1)N1N=C2c3ccccc3S(=O)(=O)N2[C@@H]1[NH+]1CCCCC1. The molecule has 2 aromatic rings. The number of amidine groups is 1. The summed E-state index contributed by atoms with van der Waals surface area (Å²) in [5.41, 5.74) is 1.06. The van der Waals surface area contributed by atoms with Crippen LogP contribution in [0.15, 0.2) is 64.6 Å². The Labute approximate surface area is 163 Å². The summed E-state index contributed by atoms with van der Waals surface area (Å²) in [4.78, 5) is 14.6. The highest BCUT2D eigenvalue weighted by atomic mass is 32.2. The third-order valence-corrected chi connectivity index (χ3v) is 7.42. The van der Waals surface area contributed by atoms with E-state index in [-0.39, 0.29) is 10.8 Å². The summed E-state index contributed by atoms with van der Waals surface area (Å²) in [5, 5.41) is 5.92. The summed E-state index contributed by atoms with van der Waals surface area (Å²) < 4.78 is 28.0. The maximum atomic E-state index is 13.3. The molecular formula is C20H21N4O3S+. The number of hydrogen-bond donors (Lipinski definition) is 1. The van der Waals surface area contributed by atoms with E-state index in [1.54, 1.807) is 48.5 Å². The molecule has 3 aliphatic heterocycles. The Balaban J connectivity index is 1.64. The van der Waals surface area contributed by atoms with Gasteiger partial charge in [0.05, 0.1) is 18.0 Å². The molecule has 0 aliphatic carbocycles. The molecule has 0 aromatic heterocycles. The highest BCUT2D eigenvalue weighted by Crippen LogP contribution is 2.36. The molecule has 28 heavy (non-hydrogen) atoms. The highest BCUT2D eigenvalue weighted by molar-refractivity contribution is 7.90. The van der Waals surface area contributed by atoms with Crippen molar-refractivity contribution in [1.82, 2.24) is 9.31 Å². The summed E-state index contributed by atoms with van der Waals surface area (Å²) in [6.45, 7) is 1.63. The molecule has 1 saturated heterocycles. The van der Waals surface area contributed by atoms with Crippen molar-refractivity contribution in [2.24, 2.45) is 5.10 Å². The predicted octanol–water partition coefficient (Wildman–Crippen LogP) is 0.861. The lowest BCUT2D eigenvalue weighted by Gasteiger charge is -2.35. The Kier molecular flexibility index (Phi) is 3.99. The summed E-state index contributed by atoms with van der Waals surface area (Å²) >= 11 is 0. The first kappa shape index (κ1) is 17.4. The fourth-order valence-electron chi connectivity index (χ4n) is 4.29. The molecular weight excluding hydrogens is 376 g/mol. The van der Waals surface area contributed by atoms with Crippen LogP contribution in [0.1, 0.15) is 35.2 Å². The third kappa shape index (κ3) is 2.48. The zero-order valence-corrected chi connectivity index (χ0v) is 16.1. The Morgan fingerprint density at radius 2 is 1.64 bits per heavy atom. The molecule has 1 fully saturated rings. The number of carbonyl (C=O) groups excluding carboxylic acids is 1. The number of hydrogen-bond acceptors (Lipinski definition) is 4. The molecule has 3 heterocycles. The number of hydrazone groups is 1. The number of fused-ring (bicyclic) bond motifs is 3. The van der Waals surface area contributed by atoms with Gasteiger partial charge in [-0.2, -0.15) is 9.31 Å². The fraction of sp³-hybridized carbons (Fsp3) is 0.300. The van der Waals surface area contributed by atoms with Crippen molar-refractivity contribution in [2.45, 2.75) is 30.4 Å². The van der Waals surface area contributed by atoms with Crippen LogP contribution in [0, 0.1) is 0 Å². The molecule has 1 amide bonds. The molecule has 0 spiro atoms. The number of piperidine rings is 1. The normalized spacial score (nSPS) is 23.3. The van der Waals surface area contributed by atoms with Gasteiger partial charge in [0.15, 0.2) is 5.84 Å². The first-order chi connectivity index (χ1) is 13.6. The standard InChI is InChI=1S/C20H20N4O3S/c25-19(15-9-3-1-4-10-15)23-20(22-13-7-2-8-14-22)24-18(21-23)16-11-5-6-12-17(16)28(24,26)27/h1,3-6,9-12,20H,2,7-8,13-14H2/p+1/t20-/m1/s1. The average molecular weight is 397 g/mol. The monoisotopic (exact) mass is 397 g/mol. The molecule has 5 rings (SSSR count). The van der Waals surface area contributed by atoms with Gasteiger partial charge in [-0.3, -0.25) is 9.69 Å². The average Bonchev–Trinajstić information content (AvgIpc) is 3.24. The number of sulfonamides is 1. The van der Waals surface area contributed by atoms with Crippen molar-refractivity contribution in [3.8, 4) is 0 Å². The van der Waals surface area contributed by atoms with Crippen molar-refractivity contribution in [3.05, 3.63) is 65.7 Å². The third-order valence-electron chi connectivity index (χ3n) is 5.62. The summed E-state index contributed by atoms with van der Waals surface area (Å²) in [6.07, 6.45) is 2.47. The van der Waals surface area contributed by atoms with E-state index in [4.69, 9.17) is 0 Å². The van der Waals surface area contributed by atoms with Crippen LogP contribution in [0.4, 0.5) is 0 Å². The second-order valence-electron chi connectivity index (χ2n) is 7.33. The fourth-order valence-corrected chi connectivity index (χ4v) is 6.05. The van der Waals surface area contributed by atoms with Crippen molar-refractivity contribution in [2.75, 3.05) is 13.1 Å². The van der Waals surface area contributed by atoms with Crippen LogP contribution < -0.4 is 4.90 Å². The smallest absolute Gasteiger partial charge is 0.281 e. The van der Waals surface area contributed by atoms with Crippen molar-refractivity contribution in [3.63, 3.8) is 0 Å². The van der Waals surface area contributed by atoms with E-state index in [0.29, 0.717) is 17.0 Å². The van der Waals surface area contributed by atoms with Crippen LogP contribution in [0.3, 0.4) is 0 Å². The first-order valence-electron chi connectivity index (χ1n) is 9.55. The minimum Gasteiger partial charge on any atom is -0.295 e. The number of rotatable bonds is 2. The molecule has 0 bridgehead atoms. The molecule has 0 radical (unpaired) electrons. The summed E-state index contributed by atoms with van der Waals surface area (Å²) in [5.74, 6) is 0.0706. The molecule has 7 nitrogen and oxygen atoms in total. The van der Waals surface area contributed by atoms with Crippen LogP contribution in [0.2, 0.25) is 0 Å². The molecule has 1 atom stereocenters. The van der Waals surface area contributed by atoms with E-state index in [9.17, 15) is 13.2 Å². The van der Waals surface area contributed by atoms with Crippen LogP contribution >= 0.6 is 0 Å². The lowest BCUT2D eigenvalue weighted by Crippen LogP contribution is -3.19. The van der Waals surface area contributed by atoms with Crippen LogP contribution in [0.5, 0.6) is 0 Å². The van der Waals surface area contributed by atoms with Crippen LogP contribution in [-0.4, -0.2) is 48.9 Å². The van der Waals surface area contributed by atoms with Crippen molar-refractivity contribution in [1.29, 1.82) is 0 Å². The van der Waals surface area contributed by atoms with Gasteiger partial charge in [-0.25, -0.2) is 8.42 Å². The number of quaternary nitrogens is 1. The van der Waals surface area contributed by atoms with Gasteiger partial charge in [0, 0.05) is 11.1 Å². The van der Waals surface area contributed by atoms with E-state index in [2.05, 4.69) is 5.10 Å². The number of carbonyl (C=O) groups is 1. The van der Waals surface area contributed by atoms with Gasteiger partial charge in [0.1, 0.15) is 0 Å². The van der Waals surface area contributed by atoms with E-state index in [1.165, 1.54) is 9.31 Å². The second kappa shape index (κ2) is 6.42. The maximum Gasteiger partial charge on any atom is 0.281 e. The molecule has 144 valence electrons. The summed E-state index contributed by atoms with van der Waals surface area (Å²) in [7, 11) is -3.74. The number of amides is 1. The Morgan fingerprint density at radius 3 is 2.39 bits per heavy atom. The lowest BCUT2D eigenvalue weighted by molar-refractivity contribution is -0.947. The zero-order valence-electron chi connectivity index (χ0n) is 15.3. The largest absolute Gasteiger partial charge is 0.295 e. The van der Waals surface area contributed by atoms with Gasteiger partial charge in [-0.15, -0.1) is 5.10 Å². The van der Waals surface area contributed by atoms with Gasteiger partial charge >= 0.3 is 0 Å². The van der Waals surface area contributed by atoms with Crippen molar-refractivity contribution < 1.29 is 18.1 Å². The van der Waals surface area contributed by atoms with E-state index in [1.807, 2.05) is 6.07 Å². The first-order valence-corrected chi connectivity index (χ1v) is 11.0. The Bertz CT molecular complexity index is 1060. The van der Waals surface area contributed by atoms with E-state index >= 15 is 0 Å². The molecule has 0 unspecified atom stereocenters. The highest BCUT2D eigenvalue weighted by Gasteiger charge is 2.55. The van der Waals surface area contributed by atoms with E-state index in [0.717, 1.165) is 37.3 Å². The number of nitrogens with zero attached hydrogens (tertiary/aromatic N) is 3. The zero-order chi connectivity index (χ0) is 19.3. The van der Waals surface area contributed by atoms with Gasteiger partial charge < -0.3 is 0 Å². The minimum atomic E-state index is -3.74. The number of benzene rings is 2. The molecule has 2 aromatic carbocycles. The van der Waals surface area contributed by atoms with Gasteiger partial charge in [0.2, 0.25) is 0 Å². The second-order valence-corrected chi connectivity index (χ2v) is 9.11.